The van der Waals surface area contributed by atoms with Crippen molar-refractivity contribution in [1.29, 1.82) is 0 Å². The van der Waals surface area contributed by atoms with Gasteiger partial charge in [-0.1, -0.05) is 31.4 Å². The maximum absolute atomic E-state index is 11.8. The molecule has 2 rings (SSSR count). The second-order valence-corrected chi connectivity index (χ2v) is 5.74. The first-order valence-corrected chi connectivity index (χ1v) is 8.06. The van der Waals surface area contributed by atoms with Crippen LogP contribution in [0.2, 0.25) is 0 Å². The van der Waals surface area contributed by atoms with Crippen LogP contribution in [0.4, 0.5) is 0 Å². The fourth-order valence-electron chi connectivity index (χ4n) is 2.64. The summed E-state index contributed by atoms with van der Waals surface area (Å²) in [5.74, 6) is 0.301. The molecule has 0 bridgehead atoms. The quantitative estimate of drug-likeness (QED) is 0.792. The topological polar surface area (TPSA) is 67.4 Å². The first-order chi connectivity index (χ1) is 11.2. The zero-order valence-electron chi connectivity index (χ0n) is 13.5. The molecule has 1 aliphatic rings. The molecular weight excluding hydrogens is 292 g/mol. The smallest absolute Gasteiger partial charge is 0.244 e. The van der Waals surface area contributed by atoms with E-state index in [1.807, 2.05) is 24.3 Å². The van der Waals surface area contributed by atoms with Crippen molar-refractivity contribution in [3.63, 3.8) is 0 Å². The molecule has 0 spiro atoms. The molecule has 0 aliphatic heterocycles. The van der Waals surface area contributed by atoms with Gasteiger partial charge in [0, 0.05) is 24.7 Å². The van der Waals surface area contributed by atoms with Gasteiger partial charge < -0.3 is 15.4 Å². The molecule has 0 radical (unpaired) electrons. The van der Waals surface area contributed by atoms with Crippen LogP contribution in [0.3, 0.4) is 0 Å². The van der Waals surface area contributed by atoms with Crippen molar-refractivity contribution in [2.45, 2.75) is 44.7 Å². The molecule has 1 aliphatic carbocycles. The third-order valence-electron chi connectivity index (χ3n) is 3.96. The van der Waals surface area contributed by atoms with E-state index in [-0.39, 0.29) is 17.9 Å². The summed E-state index contributed by atoms with van der Waals surface area (Å²) in [7, 11) is 1.61. The Morgan fingerprint density at radius 1 is 1.09 bits per heavy atom. The predicted molar refractivity (Wildman–Crippen MR) is 89.0 cm³/mol. The highest BCUT2D eigenvalue weighted by Gasteiger charge is 2.14. The number of methoxy groups -OCH3 is 1. The van der Waals surface area contributed by atoms with E-state index in [0.717, 1.165) is 37.0 Å². The second kappa shape index (κ2) is 8.98. The largest absolute Gasteiger partial charge is 0.497 e. The van der Waals surface area contributed by atoms with Crippen molar-refractivity contribution >= 4 is 11.8 Å². The lowest BCUT2D eigenvalue weighted by molar-refractivity contribution is -0.119. The number of hydrogen-bond acceptors (Lipinski definition) is 3. The van der Waals surface area contributed by atoms with Gasteiger partial charge in [-0.25, -0.2) is 0 Å². The Kier molecular flexibility index (Phi) is 6.66. The summed E-state index contributed by atoms with van der Waals surface area (Å²) in [5, 5.41) is 5.69. The average molecular weight is 316 g/mol. The SMILES string of the molecule is COc1ccc(CNC(=O)C=CC(=O)NC2CCCCC2)cc1. The Balaban J connectivity index is 1.71. The van der Waals surface area contributed by atoms with Gasteiger partial charge in [-0.2, -0.15) is 0 Å². The molecule has 0 heterocycles. The molecular formula is C18H24N2O3. The summed E-state index contributed by atoms with van der Waals surface area (Å²) in [5.41, 5.74) is 0.971. The predicted octanol–water partition coefficient (Wildman–Crippen LogP) is 2.32. The Hall–Kier alpha value is -2.30. The van der Waals surface area contributed by atoms with Crippen LogP contribution in [0.1, 0.15) is 37.7 Å². The highest BCUT2D eigenvalue weighted by molar-refractivity contribution is 5.96. The van der Waals surface area contributed by atoms with Crippen LogP contribution >= 0.6 is 0 Å². The number of nitrogens with one attached hydrogen (secondary N) is 2. The molecule has 124 valence electrons. The molecule has 5 heteroatoms. The Morgan fingerprint density at radius 3 is 2.39 bits per heavy atom. The molecule has 23 heavy (non-hydrogen) atoms. The molecule has 5 nitrogen and oxygen atoms in total. The Bertz CT molecular complexity index is 546. The van der Waals surface area contributed by atoms with Crippen LogP contribution in [0, 0.1) is 0 Å². The number of benzene rings is 1. The minimum absolute atomic E-state index is 0.198. The maximum Gasteiger partial charge on any atom is 0.244 e. The third kappa shape index (κ3) is 6.14. The van der Waals surface area contributed by atoms with Crippen molar-refractivity contribution < 1.29 is 14.3 Å². The van der Waals surface area contributed by atoms with Gasteiger partial charge in [0.25, 0.3) is 0 Å². The normalized spacial score (nSPS) is 15.3. The molecule has 2 N–H and O–H groups in total. The van der Waals surface area contributed by atoms with Gasteiger partial charge >= 0.3 is 0 Å². The van der Waals surface area contributed by atoms with Gasteiger partial charge in [0.1, 0.15) is 5.75 Å². The lowest BCUT2D eigenvalue weighted by Gasteiger charge is -2.21. The van der Waals surface area contributed by atoms with Crippen LogP contribution in [0.15, 0.2) is 36.4 Å². The number of hydrogen-bond donors (Lipinski definition) is 2. The molecule has 0 atom stereocenters. The van der Waals surface area contributed by atoms with Crippen LogP contribution in [0.5, 0.6) is 5.75 Å². The fraction of sp³-hybridized carbons (Fsp3) is 0.444. The van der Waals surface area contributed by atoms with E-state index in [9.17, 15) is 9.59 Å². The van der Waals surface area contributed by atoms with E-state index in [1.54, 1.807) is 7.11 Å². The standard InChI is InChI=1S/C18H24N2O3/c1-23-16-9-7-14(8-10-16)13-19-17(21)11-12-18(22)20-15-5-3-2-4-6-15/h7-12,15H,2-6,13H2,1H3,(H,19,21)(H,20,22). The molecule has 1 fully saturated rings. The summed E-state index contributed by atoms with van der Waals surface area (Å²) >= 11 is 0. The number of carbonyl (C=O) groups excluding carboxylic acids is 2. The Labute approximate surface area is 137 Å². The number of carbonyl (C=O) groups is 2. The highest BCUT2D eigenvalue weighted by atomic mass is 16.5. The van der Waals surface area contributed by atoms with E-state index >= 15 is 0 Å². The number of amides is 2. The molecule has 1 aromatic rings. The van der Waals surface area contributed by atoms with Crippen molar-refractivity contribution in [3.05, 3.63) is 42.0 Å². The van der Waals surface area contributed by atoms with Crippen molar-refractivity contribution in [2.24, 2.45) is 0 Å². The molecule has 1 aromatic carbocycles. The third-order valence-corrected chi connectivity index (χ3v) is 3.96. The molecule has 0 unspecified atom stereocenters. The van der Waals surface area contributed by atoms with E-state index in [0.29, 0.717) is 6.54 Å². The summed E-state index contributed by atoms with van der Waals surface area (Å²) in [4.78, 5) is 23.5. The zero-order chi connectivity index (χ0) is 16.5. The maximum atomic E-state index is 11.8. The van der Waals surface area contributed by atoms with Crippen molar-refractivity contribution in [2.75, 3.05) is 7.11 Å². The Morgan fingerprint density at radius 2 is 1.74 bits per heavy atom. The molecule has 1 saturated carbocycles. The minimum Gasteiger partial charge on any atom is -0.497 e. The van der Waals surface area contributed by atoms with E-state index in [2.05, 4.69) is 10.6 Å². The highest BCUT2D eigenvalue weighted by Crippen LogP contribution is 2.17. The first kappa shape index (κ1) is 17.1. The number of ether oxygens (including phenoxy) is 1. The average Bonchev–Trinajstić information content (AvgIpc) is 2.59. The fourth-order valence-corrected chi connectivity index (χ4v) is 2.64. The molecule has 0 saturated heterocycles. The van der Waals surface area contributed by atoms with Crippen LogP contribution in [0.25, 0.3) is 0 Å². The van der Waals surface area contributed by atoms with E-state index in [4.69, 9.17) is 4.74 Å². The van der Waals surface area contributed by atoms with E-state index < -0.39 is 0 Å². The monoisotopic (exact) mass is 316 g/mol. The lowest BCUT2D eigenvalue weighted by atomic mass is 9.95. The summed E-state index contributed by atoms with van der Waals surface area (Å²) in [6, 6.07) is 7.71. The summed E-state index contributed by atoms with van der Waals surface area (Å²) in [6.07, 6.45) is 8.22. The summed E-state index contributed by atoms with van der Waals surface area (Å²) in [6.45, 7) is 0.414. The van der Waals surface area contributed by atoms with Crippen molar-refractivity contribution in [3.8, 4) is 5.75 Å². The minimum atomic E-state index is -0.278. The van der Waals surface area contributed by atoms with Crippen molar-refractivity contribution in [1.82, 2.24) is 10.6 Å². The first-order valence-electron chi connectivity index (χ1n) is 8.06. The van der Waals surface area contributed by atoms with Gasteiger partial charge in [0.15, 0.2) is 0 Å². The molecule has 0 aromatic heterocycles. The van der Waals surface area contributed by atoms with Crippen LogP contribution in [-0.4, -0.2) is 25.0 Å². The van der Waals surface area contributed by atoms with Crippen LogP contribution in [-0.2, 0) is 16.1 Å². The number of rotatable bonds is 6. The summed E-state index contributed by atoms with van der Waals surface area (Å²) < 4.78 is 5.08. The molecule has 2 amide bonds. The van der Waals surface area contributed by atoms with Crippen LogP contribution < -0.4 is 15.4 Å². The second-order valence-electron chi connectivity index (χ2n) is 5.74. The lowest BCUT2D eigenvalue weighted by Crippen LogP contribution is -2.35. The van der Waals surface area contributed by atoms with Gasteiger partial charge in [0.2, 0.25) is 11.8 Å². The van der Waals surface area contributed by atoms with Gasteiger partial charge in [-0.15, -0.1) is 0 Å². The van der Waals surface area contributed by atoms with Gasteiger partial charge in [0.05, 0.1) is 7.11 Å². The van der Waals surface area contributed by atoms with E-state index in [1.165, 1.54) is 18.6 Å². The zero-order valence-corrected chi connectivity index (χ0v) is 13.5. The van der Waals surface area contributed by atoms with Gasteiger partial charge in [-0.3, -0.25) is 9.59 Å². The van der Waals surface area contributed by atoms with Gasteiger partial charge in [-0.05, 0) is 30.5 Å².